The molecule has 3 aliphatic rings. The van der Waals surface area contributed by atoms with Crippen LogP contribution in [0.25, 0.3) is 11.0 Å². The Morgan fingerprint density at radius 3 is 2.56 bits per heavy atom. The van der Waals surface area contributed by atoms with E-state index in [2.05, 4.69) is 32.6 Å². The number of piperazine rings is 1. The van der Waals surface area contributed by atoms with Crippen molar-refractivity contribution in [3.8, 4) is 0 Å². The lowest BCUT2D eigenvalue weighted by atomic mass is 9.91. The molecular weight excluding hydrogens is 342 g/mol. The van der Waals surface area contributed by atoms with Crippen molar-refractivity contribution in [1.82, 2.24) is 19.4 Å². The highest BCUT2D eigenvalue weighted by atomic mass is 16.4. The van der Waals surface area contributed by atoms with Crippen LogP contribution in [0, 0.1) is 0 Å². The molecule has 27 heavy (non-hydrogen) atoms. The molecule has 1 aliphatic carbocycles. The van der Waals surface area contributed by atoms with E-state index < -0.39 is 6.09 Å². The van der Waals surface area contributed by atoms with Crippen LogP contribution < -0.4 is 4.90 Å². The second-order valence-corrected chi connectivity index (χ2v) is 7.98. The third-order valence-corrected chi connectivity index (χ3v) is 6.55. The van der Waals surface area contributed by atoms with Crippen LogP contribution in [0.4, 0.5) is 10.5 Å². The van der Waals surface area contributed by atoms with Crippen molar-refractivity contribution >= 4 is 22.8 Å². The smallest absolute Gasteiger partial charge is 0.407 e. The summed E-state index contributed by atoms with van der Waals surface area (Å²) >= 11 is 0. The third-order valence-electron chi connectivity index (χ3n) is 6.55. The molecule has 1 aromatic heterocycles. The van der Waals surface area contributed by atoms with Gasteiger partial charge in [0.2, 0.25) is 0 Å². The third kappa shape index (κ3) is 3.04. The van der Waals surface area contributed by atoms with Crippen molar-refractivity contribution in [2.45, 2.75) is 38.3 Å². The summed E-state index contributed by atoms with van der Waals surface area (Å²) in [4.78, 5) is 22.5. The van der Waals surface area contributed by atoms with Gasteiger partial charge in [-0.1, -0.05) is 6.42 Å². The number of nitrogens with zero attached hydrogens (tertiary/aromatic N) is 5. The van der Waals surface area contributed by atoms with Crippen molar-refractivity contribution in [1.29, 1.82) is 0 Å². The first-order valence-corrected chi connectivity index (χ1v) is 10.1. The molecule has 0 radical (unpaired) electrons. The Balaban J connectivity index is 1.37. The summed E-state index contributed by atoms with van der Waals surface area (Å²) in [7, 11) is 0. The molecule has 1 N–H and O–H groups in total. The van der Waals surface area contributed by atoms with Gasteiger partial charge in [0.15, 0.2) is 0 Å². The maximum absolute atomic E-state index is 11.1. The van der Waals surface area contributed by atoms with Crippen LogP contribution in [0.3, 0.4) is 0 Å². The molecule has 1 amide bonds. The van der Waals surface area contributed by atoms with Crippen LogP contribution in [-0.2, 0) is 13.0 Å². The first-order chi connectivity index (χ1) is 13.2. The first kappa shape index (κ1) is 16.9. The Kier molecular flexibility index (Phi) is 4.19. The summed E-state index contributed by atoms with van der Waals surface area (Å²) in [6.07, 6.45) is 4.30. The Hall–Kier alpha value is -2.28. The number of carbonyl (C=O) groups is 1. The molecule has 1 aromatic carbocycles. The number of hydrogen-bond acceptors (Lipinski definition) is 4. The van der Waals surface area contributed by atoms with E-state index in [-0.39, 0.29) is 0 Å². The highest BCUT2D eigenvalue weighted by Gasteiger charge is 2.27. The molecule has 3 heterocycles. The van der Waals surface area contributed by atoms with Gasteiger partial charge >= 0.3 is 6.09 Å². The van der Waals surface area contributed by atoms with Gasteiger partial charge < -0.3 is 19.5 Å². The molecule has 0 bridgehead atoms. The predicted molar refractivity (Wildman–Crippen MR) is 104 cm³/mol. The molecule has 1 saturated carbocycles. The van der Waals surface area contributed by atoms with E-state index in [0.717, 1.165) is 50.7 Å². The van der Waals surface area contributed by atoms with Gasteiger partial charge in [0.05, 0.1) is 11.0 Å². The van der Waals surface area contributed by atoms with Crippen LogP contribution in [0.5, 0.6) is 0 Å². The minimum absolute atomic E-state index is 0.564. The number of amides is 1. The number of benzene rings is 1. The monoisotopic (exact) mass is 369 g/mol. The van der Waals surface area contributed by atoms with E-state index >= 15 is 0 Å². The van der Waals surface area contributed by atoms with Crippen molar-refractivity contribution in [3.63, 3.8) is 0 Å². The van der Waals surface area contributed by atoms with E-state index in [9.17, 15) is 4.79 Å². The predicted octanol–water partition coefficient (Wildman–Crippen LogP) is 2.25. The van der Waals surface area contributed by atoms with E-state index in [1.807, 2.05) is 0 Å². The number of carboxylic acid groups (broad SMARTS) is 1. The topological polar surface area (TPSA) is 64.8 Å². The fourth-order valence-electron chi connectivity index (χ4n) is 4.65. The number of anilines is 1. The lowest BCUT2D eigenvalue weighted by Crippen LogP contribution is -2.48. The van der Waals surface area contributed by atoms with Crippen molar-refractivity contribution < 1.29 is 9.90 Å². The summed E-state index contributed by atoms with van der Waals surface area (Å²) in [5, 5.41) is 9.14. The van der Waals surface area contributed by atoms with Gasteiger partial charge in [-0.15, -0.1) is 0 Å². The Labute approximate surface area is 159 Å². The molecule has 2 aliphatic heterocycles. The van der Waals surface area contributed by atoms with Crippen LogP contribution in [-0.4, -0.2) is 75.9 Å². The fourth-order valence-corrected chi connectivity index (χ4v) is 4.65. The molecule has 0 spiro atoms. The van der Waals surface area contributed by atoms with Crippen molar-refractivity contribution in [3.05, 3.63) is 24.0 Å². The van der Waals surface area contributed by atoms with Gasteiger partial charge in [-0.3, -0.25) is 4.90 Å². The zero-order valence-corrected chi connectivity index (χ0v) is 15.7. The number of imidazole rings is 1. The van der Waals surface area contributed by atoms with Gasteiger partial charge in [-0.05, 0) is 31.0 Å². The summed E-state index contributed by atoms with van der Waals surface area (Å²) < 4.78 is 2.41. The van der Waals surface area contributed by atoms with E-state index in [1.54, 1.807) is 0 Å². The van der Waals surface area contributed by atoms with Gasteiger partial charge in [-0.25, -0.2) is 9.78 Å². The van der Waals surface area contributed by atoms with Crippen LogP contribution in [0.15, 0.2) is 18.2 Å². The van der Waals surface area contributed by atoms with Crippen LogP contribution in [0.2, 0.25) is 0 Å². The Morgan fingerprint density at radius 1 is 1.04 bits per heavy atom. The maximum Gasteiger partial charge on any atom is 0.407 e. The molecule has 0 unspecified atom stereocenters. The van der Waals surface area contributed by atoms with E-state index in [0.29, 0.717) is 13.1 Å². The second-order valence-electron chi connectivity index (χ2n) is 7.98. The zero-order chi connectivity index (χ0) is 18.4. The van der Waals surface area contributed by atoms with E-state index in [1.165, 1.54) is 41.2 Å². The highest BCUT2D eigenvalue weighted by molar-refractivity contribution is 5.81. The SMILES string of the molecule is O=C(O)N1CCN(c2ccc3nc4n(c3c2)CCN(C2CCC2)CC4)CC1. The van der Waals surface area contributed by atoms with Crippen LogP contribution >= 0.6 is 0 Å². The number of hydrogen-bond donors (Lipinski definition) is 1. The number of rotatable bonds is 2. The minimum atomic E-state index is -0.817. The average Bonchev–Trinajstić information content (AvgIpc) is 2.86. The lowest BCUT2D eigenvalue weighted by molar-refractivity contribution is 0.130. The Morgan fingerprint density at radius 2 is 1.85 bits per heavy atom. The highest BCUT2D eigenvalue weighted by Crippen LogP contribution is 2.29. The molecule has 1 saturated heterocycles. The largest absolute Gasteiger partial charge is 0.465 e. The maximum atomic E-state index is 11.1. The summed E-state index contributed by atoms with van der Waals surface area (Å²) in [6, 6.07) is 7.30. The standard InChI is InChI=1S/C20H27N5O2/c26-20(27)24-10-8-23(9-11-24)16-4-5-17-18(14-16)25-13-12-22(15-2-1-3-15)7-6-19(25)21-17/h4-5,14-15H,1-3,6-13H2,(H,26,27). The number of aromatic nitrogens is 2. The fraction of sp³-hybridized carbons (Fsp3) is 0.600. The zero-order valence-electron chi connectivity index (χ0n) is 15.7. The van der Waals surface area contributed by atoms with Gasteiger partial charge in [0.1, 0.15) is 5.82 Å². The van der Waals surface area contributed by atoms with Crippen LogP contribution in [0.1, 0.15) is 25.1 Å². The molecule has 0 atom stereocenters. The van der Waals surface area contributed by atoms with Crippen molar-refractivity contribution in [2.24, 2.45) is 0 Å². The molecule has 7 nitrogen and oxygen atoms in total. The summed E-state index contributed by atoms with van der Waals surface area (Å²) in [5.41, 5.74) is 3.48. The summed E-state index contributed by atoms with van der Waals surface area (Å²) in [6.45, 7) is 5.87. The van der Waals surface area contributed by atoms with Gasteiger partial charge in [0, 0.05) is 64.0 Å². The normalized spacial score (nSPS) is 21.8. The molecule has 144 valence electrons. The second kappa shape index (κ2) is 6.71. The molecule has 2 fully saturated rings. The summed E-state index contributed by atoms with van der Waals surface area (Å²) in [5.74, 6) is 1.21. The molecule has 7 heteroatoms. The lowest BCUT2D eigenvalue weighted by Gasteiger charge is -2.36. The van der Waals surface area contributed by atoms with Crippen molar-refractivity contribution in [2.75, 3.05) is 44.2 Å². The van der Waals surface area contributed by atoms with E-state index in [4.69, 9.17) is 10.1 Å². The quantitative estimate of drug-likeness (QED) is 0.880. The van der Waals surface area contributed by atoms with Gasteiger partial charge in [-0.2, -0.15) is 0 Å². The Bertz CT molecular complexity index is 851. The number of fused-ring (bicyclic) bond motifs is 3. The minimum Gasteiger partial charge on any atom is -0.465 e. The molecule has 2 aromatic rings. The molecule has 5 rings (SSSR count). The molecular formula is C20H27N5O2. The first-order valence-electron chi connectivity index (χ1n) is 10.1. The van der Waals surface area contributed by atoms with Gasteiger partial charge in [0.25, 0.3) is 0 Å². The average molecular weight is 369 g/mol.